The van der Waals surface area contributed by atoms with Crippen LogP contribution in [-0.4, -0.2) is 41.7 Å². The summed E-state index contributed by atoms with van der Waals surface area (Å²) >= 11 is 0. The van der Waals surface area contributed by atoms with Crippen molar-refractivity contribution in [3.8, 4) is 0 Å². The van der Waals surface area contributed by atoms with Crippen molar-refractivity contribution >= 4 is 17.3 Å². The third-order valence-electron chi connectivity index (χ3n) is 3.82. The second-order valence-corrected chi connectivity index (χ2v) is 5.42. The number of halogens is 1. The smallest absolute Gasteiger partial charge is 0.238 e. The quantitative estimate of drug-likeness (QED) is 0.667. The average Bonchev–Trinajstić information content (AvgIpc) is 2.38. The summed E-state index contributed by atoms with van der Waals surface area (Å²) in [5.74, 6) is -0.641. The number of aliphatic hydroxyl groups excluding tert-OH is 1. The van der Waals surface area contributed by atoms with Crippen molar-refractivity contribution in [3.63, 3.8) is 0 Å². The van der Waals surface area contributed by atoms with Crippen LogP contribution in [-0.2, 0) is 4.79 Å². The van der Waals surface area contributed by atoms with Crippen LogP contribution in [0.5, 0.6) is 0 Å². The van der Waals surface area contributed by atoms with Gasteiger partial charge >= 0.3 is 0 Å². The van der Waals surface area contributed by atoms with Gasteiger partial charge in [0, 0.05) is 24.9 Å². The first-order chi connectivity index (χ1) is 10.1. The Hall–Kier alpha value is -1.66. The Bertz CT molecular complexity index is 492. The number of nitrogens with one attached hydrogen (secondary N) is 1. The molecule has 2 rings (SSSR count). The van der Waals surface area contributed by atoms with Crippen LogP contribution in [0.2, 0.25) is 0 Å². The van der Waals surface area contributed by atoms with E-state index in [4.69, 9.17) is 10.8 Å². The van der Waals surface area contributed by atoms with Gasteiger partial charge in [-0.15, -0.1) is 0 Å². The van der Waals surface area contributed by atoms with Gasteiger partial charge in [0.05, 0.1) is 12.2 Å². The fraction of sp³-hybridized carbons (Fsp3) is 0.533. The minimum absolute atomic E-state index is 0.0175. The van der Waals surface area contributed by atoms with E-state index in [1.165, 1.54) is 24.6 Å². The molecule has 5 nitrogen and oxygen atoms in total. The number of rotatable bonds is 7. The predicted molar refractivity (Wildman–Crippen MR) is 80.4 cm³/mol. The van der Waals surface area contributed by atoms with E-state index < -0.39 is 5.82 Å². The molecule has 0 saturated heterocycles. The van der Waals surface area contributed by atoms with Crippen LogP contribution in [0.1, 0.15) is 25.7 Å². The third-order valence-corrected chi connectivity index (χ3v) is 3.82. The standard InChI is InChI=1S/C15H22FN3O2/c16-13-6-5-11(9-14(13)17)18-15(21)10-19(7-2-8-20)12-3-1-4-12/h5-6,9,12,20H,1-4,7-8,10,17H2,(H,18,21). The van der Waals surface area contributed by atoms with Crippen molar-refractivity contribution in [3.05, 3.63) is 24.0 Å². The number of carbonyl (C=O) groups is 1. The van der Waals surface area contributed by atoms with E-state index in [2.05, 4.69) is 10.2 Å². The number of nitrogens with two attached hydrogens (primary N) is 1. The molecule has 0 spiro atoms. The minimum Gasteiger partial charge on any atom is -0.396 e. The number of anilines is 2. The second-order valence-electron chi connectivity index (χ2n) is 5.42. The number of amides is 1. The van der Waals surface area contributed by atoms with E-state index in [1.54, 1.807) is 0 Å². The number of nitrogens with zero attached hydrogens (tertiary/aromatic N) is 1. The molecule has 0 aliphatic heterocycles. The molecular weight excluding hydrogens is 273 g/mol. The Balaban J connectivity index is 1.90. The van der Waals surface area contributed by atoms with Gasteiger partial charge < -0.3 is 16.2 Å². The molecule has 1 aromatic carbocycles. The van der Waals surface area contributed by atoms with Gasteiger partial charge in [-0.05, 0) is 37.5 Å². The molecule has 21 heavy (non-hydrogen) atoms. The monoisotopic (exact) mass is 295 g/mol. The van der Waals surface area contributed by atoms with E-state index in [9.17, 15) is 9.18 Å². The lowest BCUT2D eigenvalue weighted by Gasteiger charge is -2.37. The number of benzene rings is 1. The molecule has 1 amide bonds. The van der Waals surface area contributed by atoms with Gasteiger partial charge in [0.1, 0.15) is 5.82 Å². The summed E-state index contributed by atoms with van der Waals surface area (Å²) in [6.07, 6.45) is 4.05. The Labute approximate surface area is 123 Å². The van der Waals surface area contributed by atoms with Crippen molar-refractivity contribution in [1.29, 1.82) is 0 Å². The second kappa shape index (κ2) is 7.38. The molecule has 0 aromatic heterocycles. The van der Waals surface area contributed by atoms with Gasteiger partial charge in [0.25, 0.3) is 0 Å². The van der Waals surface area contributed by atoms with Gasteiger partial charge in [-0.2, -0.15) is 0 Å². The summed E-state index contributed by atoms with van der Waals surface area (Å²) in [7, 11) is 0. The molecule has 1 aromatic rings. The first-order valence-electron chi connectivity index (χ1n) is 7.30. The van der Waals surface area contributed by atoms with Gasteiger partial charge in [-0.25, -0.2) is 4.39 Å². The van der Waals surface area contributed by atoms with Crippen LogP contribution in [0.4, 0.5) is 15.8 Å². The van der Waals surface area contributed by atoms with E-state index in [0.29, 0.717) is 24.7 Å². The topological polar surface area (TPSA) is 78.6 Å². The maximum absolute atomic E-state index is 13.1. The first kappa shape index (κ1) is 15.7. The lowest BCUT2D eigenvalue weighted by Crippen LogP contribution is -2.45. The predicted octanol–water partition coefficient (Wildman–Crippen LogP) is 1.58. The normalized spacial score (nSPS) is 15.0. The summed E-state index contributed by atoms with van der Waals surface area (Å²) in [4.78, 5) is 14.2. The first-order valence-corrected chi connectivity index (χ1v) is 7.30. The molecule has 1 aliphatic rings. The van der Waals surface area contributed by atoms with Gasteiger partial charge in [0.2, 0.25) is 5.91 Å². The maximum atomic E-state index is 13.1. The lowest BCUT2D eigenvalue weighted by molar-refractivity contribution is -0.118. The van der Waals surface area contributed by atoms with Crippen molar-refractivity contribution in [2.45, 2.75) is 31.7 Å². The van der Waals surface area contributed by atoms with Crippen LogP contribution >= 0.6 is 0 Å². The SMILES string of the molecule is Nc1cc(NC(=O)CN(CCCO)C2CCC2)ccc1F. The van der Waals surface area contributed by atoms with E-state index >= 15 is 0 Å². The molecule has 0 unspecified atom stereocenters. The van der Waals surface area contributed by atoms with E-state index in [1.807, 2.05) is 0 Å². The molecule has 0 heterocycles. The van der Waals surface area contributed by atoms with Crippen molar-refractivity contribution in [1.82, 2.24) is 4.90 Å². The number of aliphatic hydroxyl groups is 1. The van der Waals surface area contributed by atoms with Crippen molar-refractivity contribution in [2.24, 2.45) is 0 Å². The van der Waals surface area contributed by atoms with Crippen LogP contribution in [0, 0.1) is 5.82 Å². The Morgan fingerprint density at radius 1 is 1.48 bits per heavy atom. The molecule has 1 saturated carbocycles. The summed E-state index contributed by atoms with van der Waals surface area (Å²) in [5, 5.41) is 11.7. The highest BCUT2D eigenvalue weighted by Gasteiger charge is 2.26. The summed E-state index contributed by atoms with van der Waals surface area (Å²) in [6, 6.07) is 4.57. The number of hydrogen-bond acceptors (Lipinski definition) is 4. The molecule has 0 atom stereocenters. The Morgan fingerprint density at radius 2 is 2.24 bits per heavy atom. The zero-order valence-corrected chi connectivity index (χ0v) is 12.0. The van der Waals surface area contributed by atoms with Crippen LogP contribution in [0.15, 0.2) is 18.2 Å². The number of nitrogen functional groups attached to an aromatic ring is 1. The van der Waals surface area contributed by atoms with Crippen LogP contribution in [0.3, 0.4) is 0 Å². The lowest BCUT2D eigenvalue weighted by atomic mass is 9.91. The summed E-state index contributed by atoms with van der Waals surface area (Å²) < 4.78 is 13.1. The molecular formula is C15H22FN3O2. The molecule has 0 bridgehead atoms. The fourth-order valence-corrected chi connectivity index (χ4v) is 2.42. The molecule has 1 fully saturated rings. The zero-order valence-electron chi connectivity index (χ0n) is 12.0. The third kappa shape index (κ3) is 4.41. The zero-order chi connectivity index (χ0) is 15.2. The van der Waals surface area contributed by atoms with Gasteiger partial charge in [-0.1, -0.05) is 6.42 Å². The van der Waals surface area contributed by atoms with Crippen molar-refractivity contribution < 1.29 is 14.3 Å². The van der Waals surface area contributed by atoms with Gasteiger partial charge in [-0.3, -0.25) is 9.69 Å². The largest absolute Gasteiger partial charge is 0.396 e. The highest BCUT2D eigenvalue weighted by atomic mass is 19.1. The molecule has 116 valence electrons. The Kier molecular flexibility index (Phi) is 5.52. The highest BCUT2D eigenvalue weighted by molar-refractivity contribution is 5.92. The highest BCUT2D eigenvalue weighted by Crippen LogP contribution is 2.25. The molecule has 6 heteroatoms. The van der Waals surface area contributed by atoms with Crippen LogP contribution in [0.25, 0.3) is 0 Å². The average molecular weight is 295 g/mol. The van der Waals surface area contributed by atoms with Crippen LogP contribution < -0.4 is 11.1 Å². The Morgan fingerprint density at radius 3 is 2.81 bits per heavy atom. The van der Waals surface area contributed by atoms with E-state index in [0.717, 1.165) is 12.8 Å². The number of hydrogen-bond donors (Lipinski definition) is 3. The minimum atomic E-state index is -0.493. The molecule has 4 N–H and O–H groups in total. The van der Waals surface area contributed by atoms with Gasteiger partial charge in [0.15, 0.2) is 0 Å². The molecule has 1 aliphatic carbocycles. The van der Waals surface area contributed by atoms with Crippen molar-refractivity contribution in [2.75, 3.05) is 30.7 Å². The van der Waals surface area contributed by atoms with E-state index in [-0.39, 0.29) is 24.7 Å². The molecule has 0 radical (unpaired) electrons. The fourth-order valence-electron chi connectivity index (χ4n) is 2.42. The summed E-state index contributed by atoms with van der Waals surface area (Å²) in [5.41, 5.74) is 5.99. The summed E-state index contributed by atoms with van der Waals surface area (Å²) in [6.45, 7) is 1.11. The number of carbonyl (C=O) groups excluding carboxylic acids is 1. The maximum Gasteiger partial charge on any atom is 0.238 e.